The Morgan fingerprint density at radius 2 is 1.68 bits per heavy atom. The zero-order chi connectivity index (χ0) is 17.9. The molecule has 0 aliphatic heterocycles. The lowest BCUT2D eigenvalue weighted by atomic mass is 10.1. The summed E-state index contributed by atoms with van der Waals surface area (Å²) < 4.78 is 11.6. The van der Waals surface area contributed by atoms with Gasteiger partial charge in [0.25, 0.3) is 5.69 Å². The second kappa shape index (κ2) is 11.0. The van der Waals surface area contributed by atoms with Crippen LogP contribution in [0.4, 0.5) is 5.69 Å². The molecule has 140 valence electrons. The van der Waals surface area contributed by atoms with Gasteiger partial charge in [-0.05, 0) is 31.2 Å². The number of nitro benzene ring substituents is 1. The molecule has 5 heteroatoms. The standard InChI is InChI=1S/C20H31NO4/c1-2-3-4-5-6-7-8-9-14-24-20-15-18(21(22)23)12-13-19(20)25-16-17-10-11-17/h12-13,15,17H,2-11,14,16H2,1H3. The number of benzene rings is 1. The lowest BCUT2D eigenvalue weighted by molar-refractivity contribution is -0.385. The van der Waals surface area contributed by atoms with E-state index in [-0.39, 0.29) is 5.69 Å². The predicted octanol–water partition coefficient (Wildman–Crippen LogP) is 5.90. The van der Waals surface area contributed by atoms with Crippen LogP contribution >= 0.6 is 0 Å². The first-order chi connectivity index (χ1) is 12.2. The number of nitrogens with zero attached hydrogens (tertiary/aromatic N) is 1. The minimum absolute atomic E-state index is 0.0460. The molecule has 0 bridgehead atoms. The van der Waals surface area contributed by atoms with Gasteiger partial charge in [-0.3, -0.25) is 10.1 Å². The van der Waals surface area contributed by atoms with Gasteiger partial charge < -0.3 is 9.47 Å². The zero-order valence-electron chi connectivity index (χ0n) is 15.4. The van der Waals surface area contributed by atoms with E-state index in [2.05, 4.69) is 6.92 Å². The molecular formula is C20H31NO4. The summed E-state index contributed by atoms with van der Waals surface area (Å²) in [5.74, 6) is 1.76. The summed E-state index contributed by atoms with van der Waals surface area (Å²) in [5.41, 5.74) is 0.0460. The van der Waals surface area contributed by atoms with Crippen molar-refractivity contribution >= 4 is 5.69 Å². The minimum Gasteiger partial charge on any atom is -0.489 e. The maximum absolute atomic E-state index is 11.0. The molecule has 1 saturated carbocycles. The van der Waals surface area contributed by atoms with Crippen molar-refractivity contribution in [1.82, 2.24) is 0 Å². The van der Waals surface area contributed by atoms with E-state index >= 15 is 0 Å². The van der Waals surface area contributed by atoms with Gasteiger partial charge in [-0.1, -0.05) is 51.9 Å². The summed E-state index contributed by atoms with van der Waals surface area (Å²) in [6.45, 7) is 3.48. The third kappa shape index (κ3) is 7.76. The molecule has 1 fully saturated rings. The maximum Gasteiger partial charge on any atom is 0.273 e. The SMILES string of the molecule is CCCCCCCCCCOc1cc([N+](=O)[O-])ccc1OCC1CC1. The van der Waals surface area contributed by atoms with Gasteiger partial charge in [-0.25, -0.2) is 0 Å². The third-order valence-corrected chi connectivity index (χ3v) is 4.57. The molecular weight excluding hydrogens is 318 g/mol. The molecule has 1 aliphatic carbocycles. The van der Waals surface area contributed by atoms with Gasteiger partial charge in [0.1, 0.15) is 0 Å². The van der Waals surface area contributed by atoms with Crippen molar-refractivity contribution in [2.75, 3.05) is 13.2 Å². The van der Waals surface area contributed by atoms with Crippen molar-refractivity contribution in [3.63, 3.8) is 0 Å². The van der Waals surface area contributed by atoms with Crippen LogP contribution in [-0.2, 0) is 0 Å². The minimum atomic E-state index is -0.395. The molecule has 0 spiro atoms. The quantitative estimate of drug-likeness (QED) is 0.238. The average molecular weight is 349 g/mol. The molecule has 2 rings (SSSR count). The Morgan fingerprint density at radius 3 is 2.32 bits per heavy atom. The summed E-state index contributed by atoms with van der Waals surface area (Å²) in [4.78, 5) is 10.6. The molecule has 1 aromatic carbocycles. The van der Waals surface area contributed by atoms with E-state index in [9.17, 15) is 10.1 Å². The molecule has 0 aromatic heterocycles. The van der Waals surface area contributed by atoms with E-state index in [1.165, 1.54) is 63.5 Å². The van der Waals surface area contributed by atoms with E-state index in [1.54, 1.807) is 6.07 Å². The van der Waals surface area contributed by atoms with Crippen molar-refractivity contribution in [2.45, 2.75) is 71.1 Å². The molecule has 1 aliphatic rings. The Kier molecular flexibility index (Phi) is 8.56. The summed E-state index contributed by atoms with van der Waals surface area (Å²) >= 11 is 0. The van der Waals surface area contributed by atoms with Crippen LogP contribution in [0.1, 0.15) is 71.1 Å². The Balaban J connectivity index is 1.72. The predicted molar refractivity (Wildman–Crippen MR) is 99.4 cm³/mol. The van der Waals surface area contributed by atoms with Crippen LogP contribution in [0.5, 0.6) is 11.5 Å². The average Bonchev–Trinajstić information content (AvgIpc) is 3.43. The van der Waals surface area contributed by atoms with Gasteiger partial charge >= 0.3 is 0 Å². The van der Waals surface area contributed by atoms with Gasteiger partial charge in [0, 0.05) is 6.07 Å². The highest BCUT2D eigenvalue weighted by atomic mass is 16.6. The largest absolute Gasteiger partial charge is 0.489 e. The van der Waals surface area contributed by atoms with E-state index in [4.69, 9.17) is 9.47 Å². The monoisotopic (exact) mass is 349 g/mol. The second-order valence-electron chi connectivity index (χ2n) is 6.97. The fraction of sp³-hybridized carbons (Fsp3) is 0.700. The number of rotatable bonds is 14. The van der Waals surface area contributed by atoms with Crippen LogP contribution in [0.25, 0.3) is 0 Å². The lowest BCUT2D eigenvalue weighted by Crippen LogP contribution is -2.04. The highest BCUT2D eigenvalue weighted by Crippen LogP contribution is 2.35. The molecule has 1 aromatic rings. The van der Waals surface area contributed by atoms with Crippen LogP contribution in [0.3, 0.4) is 0 Å². The summed E-state index contributed by atoms with van der Waals surface area (Å²) in [5, 5.41) is 11.0. The number of hydrogen-bond donors (Lipinski definition) is 0. The molecule has 0 amide bonds. The van der Waals surface area contributed by atoms with Gasteiger partial charge in [0.05, 0.1) is 24.2 Å². The highest BCUT2D eigenvalue weighted by molar-refractivity contribution is 5.48. The molecule has 5 nitrogen and oxygen atoms in total. The Morgan fingerprint density at radius 1 is 1.00 bits per heavy atom. The fourth-order valence-corrected chi connectivity index (χ4v) is 2.75. The molecule has 0 unspecified atom stereocenters. The summed E-state index contributed by atoms with van der Waals surface area (Å²) in [7, 11) is 0. The molecule has 25 heavy (non-hydrogen) atoms. The first-order valence-electron chi connectivity index (χ1n) is 9.74. The smallest absolute Gasteiger partial charge is 0.273 e. The first kappa shape index (κ1) is 19.5. The van der Waals surface area contributed by atoms with Gasteiger partial charge in [-0.2, -0.15) is 0 Å². The van der Waals surface area contributed by atoms with Crippen LogP contribution in [0, 0.1) is 16.0 Å². The van der Waals surface area contributed by atoms with Gasteiger partial charge in [0.2, 0.25) is 0 Å². The van der Waals surface area contributed by atoms with Gasteiger partial charge in [-0.15, -0.1) is 0 Å². The molecule has 0 saturated heterocycles. The van der Waals surface area contributed by atoms with Crippen molar-refractivity contribution in [1.29, 1.82) is 0 Å². The number of unbranched alkanes of at least 4 members (excludes halogenated alkanes) is 7. The first-order valence-corrected chi connectivity index (χ1v) is 9.74. The van der Waals surface area contributed by atoms with Crippen LogP contribution < -0.4 is 9.47 Å². The third-order valence-electron chi connectivity index (χ3n) is 4.57. The molecule has 0 radical (unpaired) electrons. The summed E-state index contributed by atoms with van der Waals surface area (Å²) in [6.07, 6.45) is 12.3. The number of ether oxygens (including phenoxy) is 2. The van der Waals surface area contributed by atoms with E-state index in [0.29, 0.717) is 30.6 Å². The topological polar surface area (TPSA) is 61.6 Å². The summed E-state index contributed by atoms with van der Waals surface area (Å²) in [6, 6.07) is 4.61. The van der Waals surface area contributed by atoms with Gasteiger partial charge in [0.15, 0.2) is 11.5 Å². The zero-order valence-corrected chi connectivity index (χ0v) is 15.4. The number of nitro groups is 1. The van der Waals surface area contributed by atoms with Crippen LogP contribution in [0.15, 0.2) is 18.2 Å². The molecule has 0 N–H and O–H groups in total. The Labute approximate surface area is 150 Å². The van der Waals surface area contributed by atoms with Crippen LogP contribution in [0.2, 0.25) is 0 Å². The normalized spacial score (nSPS) is 13.6. The molecule has 0 heterocycles. The lowest BCUT2D eigenvalue weighted by Gasteiger charge is -2.12. The van der Waals surface area contributed by atoms with Crippen LogP contribution in [-0.4, -0.2) is 18.1 Å². The van der Waals surface area contributed by atoms with E-state index in [0.717, 1.165) is 12.8 Å². The Bertz CT molecular complexity index is 528. The van der Waals surface area contributed by atoms with Crippen molar-refractivity contribution in [3.05, 3.63) is 28.3 Å². The highest BCUT2D eigenvalue weighted by Gasteiger charge is 2.23. The van der Waals surface area contributed by atoms with Crippen molar-refractivity contribution in [3.8, 4) is 11.5 Å². The van der Waals surface area contributed by atoms with Crippen molar-refractivity contribution in [2.24, 2.45) is 5.92 Å². The molecule has 0 atom stereocenters. The maximum atomic E-state index is 11.0. The van der Waals surface area contributed by atoms with E-state index < -0.39 is 4.92 Å². The van der Waals surface area contributed by atoms with Crippen molar-refractivity contribution < 1.29 is 14.4 Å². The van der Waals surface area contributed by atoms with E-state index in [1.807, 2.05) is 0 Å². The number of non-ortho nitro benzene ring substituents is 1. The second-order valence-corrected chi connectivity index (χ2v) is 6.97. The Hall–Kier alpha value is -1.78. The fourth-order valence-electron chi connectivity index (χ4n) is 2.75. The number of hydrogen-bond acceptors (Lipinski definition) is 4.